The van der Waals surface area contributed by atoms with Crippen molar-refractivity contribution in [2.24, 2.45) is 7.05 Å². The lowest BCUT2D eigenvalue weighted by molar-refractivity contribution is 0.0524. The summed E-state index contributed by atoms with van der Waals surface area (Å²) in [5.41, 5.74) is 1.40. The van der Waals surface area contributed by atoms with Crippen LogP contribution in [0.4, 0.5) is 5.69 Å². The minimum atomic E-state index is -0.538. The van der Waals surface area contributed by atoms with Crippen LogP contribution in [0.15, 0.2) is 40.0 Å². The highest BCUT2D eigenvalue weighted by molar-refractivity contribution is 8.03. The van der Waals surface area contributed by atoms with Gasteiger partial charge in [0.2, 0.25) is 0 Å². The van der Waals surface area contributed by atoms with Gasteiger partial charge in [0, 0.05) is 50.9 Å². The summed E-state index contributed by atoms with van der Waals surface area (Å²) in [6, 6.07) is 7.78. The molecule has 4 rings (SSSR count). The summed E-state index contributed by atoms with van der Waals surface area (Å²) >= 11 is 1.95. The predicted octanol–water partition coefficient (Wildman–Crippen LogP) is 2.86. The fourth-order valence-corrected chi connectivity index (χ4v) is 5.13. The first-order valence-corrected chi connectivity index (χ1v) is 11.2. The monoisotopic (exact) mass is 413 g/mol. The number of rotatable bonds is 5. The quantitative estimate of drug-likeness (QED) is 0.703. The third kappa shape index (κ3) is 3.94. The first-order valence-electron chi connectivity index (χ1n) is 10.2. The van der Waals surface area contributed by atoms with Gasteiger partial charge in [-0.2, -0.15) is 0 Å². The number of aromatic nitrogens is 1. The van der Waals surface area contributed by atoms with Gasteiger partial charge in [-0.15, -0.1) is 11.8 Å². The Morgan fingerprint density at radius 1 is 1.17 bits per heavy atom. The molecule has 1 aromatic carbocycles. The number of anilines is 1. The Morgan fingerprint density at radius 2 is 1.93 bits per heavy atom. The van der Waals surface area contributed by atoms with Crippen molar-refractivity contribution < 1.29 is 9.53 Å². The van der Waals surface area contributed by atoms with Crippen molar-refractivity contribution in [1.82, 2.24) is 9.47 Å². The average Bonchev–Trinajstić information content (AvgIpc) is 3.24. The zero-order chi connectivity index (χ0) is 20.4. The van der Waals surface area contributed by atoms with Crippen LogP contribution in [0, 0.1) is 0 Å². The maximum atomic E-state index is 13.1. The number of fused-ring (bicyclic) bond motifs is 1. The van der Waals surface area contributed by atoms with Gasteiger partial charge in [0.15, 0.2) is 0 Å². The van der Waals surface area contributed by atoms with Crippen LogP contribution in [-0.4, -0.2) is 60.5 Å². The third-order valence-electron chi connectivity index (χ3n) is 5.60. The lowest BCUT2D eigenvalue weighted by Gasteiger charge is -2.37. The first-order chi connectivity index (χ1) is 14.1. The van der Waals surface area contributed by atoms with Crippen LogP contribution in [0.25, 0.3) is 10.9 Å². The Kier molecular flexibility index (Phi) is 5.96. The number of ether oxygens (including phenoxy) is 1. The maximum absolute atomic E-state index is 13.1. The van der Waals surface area contributed by atoms with Crippen LogP contribution in [0.2, 0.25) is 0 Å². The third-order valence-corrected chi connectivity index (χ3v) is 6.71. The van der Waals surface area contributed by atoms with Crippen molar-refractivity contribution in [3.63, 3.8) is 0 Å². The van der Waals surface area contributed by atoms with E-state index in [-0.39, 0.29) is 17.7 Å². The molecular formula is C22H27N3O3S. The molecule has 0 spiro atoms. The summed E-state index contributed by atoms with van der Waals surface area (Å²) in [4.78, 5) is 31.9. The minimum absolute atomic E-state index is 0.149. The molecule has 6 nitrogen and oxygen atoms in total. The molecule has 154 valence electrons. The van der Waals surface area contributed by atoms with Crippen molar-refractivity contribution in [3.8, 4) is 0 Å². The van der Waals surface area contributed by atoms with E-state index < -0.39 is 5.97 Å². The lowest BCUT2D eigenvalue weighted by atomic mass is 10.1. The largest absolute Gasteiger partial charge is 0.462 e. The molecule has 0 atom stereocenters. The average molecular weight is 414 g/mol. The van der Waals surface area contributed by atoms with E-state index in [2.05, 4.69) is 15.9 Å². The van der Waals surface area contributed by atoms with Crippen LogP contribution >= 0.6 is 11.8 Å². The van der Waals surface area contributed by atoms with Gasteiger partial charge in [-0.1, -0.05) is 24.3 Å². The van der Waals surface area contributed by atoms with Crippen LogP contribution in [-0.2, 0) is 11.8 Å². The number of esters is 1. The Balaban J connectivity index is 1.69. The van der Waals surface area contributed by atoms with Crippen LogP contribution in [0.1, 0.15) is 23.7 Å². The SMILES string of the molecule is CCOC(=O)c1c(N2CCN(CC3=CCCS3)CC2)c2ccccc2n(C)c1=O. The van der Waals surface area contributed by atoms with E-state index >= 15 is 0 Å². The van der Waals surface area contributed by atoms with E-state index in [0.29, 0.717) is 0 Å². The van der Waals surface area contributed by atoms with E-state index in [1.807, 2.05) is 36.0 Å². The molecule has 1 fully saturated rings. The normalized spacial score (nSPS) is 17.6. The molecule has 0 unspecified atom stereocenters. The second-order valence-electron chi connectivity index (χ2n) is 7.40. The zero-order valence-corrected chi connectivity index (χ0v) is 17.8. The van der Waals surface area contributed by atoms with Crippen LogP contribution in [0.5, 0.6) is 0 Å². The second-order valence-corrected chi connectivity index (χ2v) is 8.62. The molecule has 29 heavy (non-hydrogen) atoms. The van der Waals surface area contributed by atoms with Crippen molar-refractivity contribution in [3.05, 3.63) is 51.2 Å². The Morgan fingerprint density at radius 3 is 2.62 bits per heavy atom. The number of nitrogens with zero attached hydrogens (tertiary/aromatic N) is 3. The van der Waals surface area contributed by atoms with Gasteiger partial charge < -0.3 is 14.2 Å². The van der Waals surface area contributed by atoms with E-state index in [4.69, 9.17) is 4.74 Å². The van der Waals surface area contributed by atoms with Gasteiger partial charge in [0.05, 0.1) is 17.8 Å². The molecule has 7 heteroatoms. The summed E-state index contributed by atoms with van der Waals surface area (Å²) in [7, 11) is 1.71. The molecule has 1 saturated heterocycles. The van der Waals surface area contributed by atoms with Crippen molar-refractivity contribution in [1.29, 1.82) is 0 Å². The number of carbonyl (C=O) groups excluding carboxylic acids is 1. The summed E-state index contributed by atoms with van der Waals surface area (Å²) < 4.78 is 6.80. The molecule has 0 saturated carbocycles. The van der Waals surface area contributed by atoms with Gasteiger partial charge in [0.25, 0.3) is 5.56 Å². The van der Waals surface area contributed by atoms with E-state index in [9.17, 15) is 9.59 Å². The number of para-hydroxylation sites is 1. The number of allylic oxidation sites excluding steroid dienone is 1. The number of piperazine rings is 1. The molecule has 2 aromatic rings. The molecule has 0 amide bonds. The number of carbonyl (C=O) groups is 1. The van der Waals surface area contributed by atoms with Crippen molar-refractivity contribution in [2.75, 3.05) is 50.0 Å². The fraction of sp³-hybridized carbons (Fsp3) is 0.455. The summed E-state index contributed by atoms with van der Waals surface area (Å²) in [5.74, 6) is 0.654. The highest BCUT2D eigenvalue weighted by atomic mass is 32.2. The summed E-state index contributed by atoms with van der Waals surface area (Å²) in [6.07, 6.45) is 3.51. The van der Waals surface area contributed by atoms with Gasteiger partial charge in [-0.3, -0.25) is 9.69 Å². The molecule has 1 aromatic heterocycles. The second kappa shape index (κ2) is 8.63. The van der Waals surface area contributed by atoms with Gasteiger partial charge in [-0.25, -0.2) is 4.79 Å². The van der Waals surface area contributed by atoms with Crippen molar-refractivity contribution >= 4 is 34.3 Å². The Hall–Kier alpha value is -2.25. The zero-order valence-electron chi connectivity index (χ0n) is 17.0. The number of pyridine rings is 1. The molecule has 0 bridgehead atoms. The number of aryl methyl sites for hydroxylation is 1. The Bertz CT molecular complexity index is 1010. The smallest absolute Gasteiger partial charge is 0.345 e. The number of thioether (sulfide) groups is 1. The standard InChI is InChI=1S/C22H27N3O3S/c1-3-28-22(27)19-20(17-8-4-5-9-18(17)23(2)21(19)26)25-12-10-24(11-13-25)15-16-7-6-14-29-16/h4-5,7-9H,3,6,10-15H2,1-2H3. The molecule has 3 heterocycles. The molecule has 2 aliphatic heterocycles. The van der Waals surface area contributed by atoms with E-state index in [1.165, 1.54) is 17.1 Å². The van der Waals surface area contributed by atoms with Gasteiger partial charge >= 0.3 is 5.97 Å². The lowest BCUT2D eigenvalue weighted by Crippen LogP contribution is -2.48. The summed E-state index contributed by atoms with van der Waals surface area (Å²) in [6.45, 7) is 6.38. The van der Waals surface area contributed by atoms with Crippen LogP contribution in [0.3, 0.4) is 0 Å². The van der Waals surface area contributed by atoms with Crippen molar-refractivity contribution in [2.45, 2.75) is 13.3 Å². The molecule has 0 N–H and O–H groups in total. The number of benzene rings is 1. The summed E-state index contributed by atoms with van der Waals surface area (Å²) in [5, 5.41) is 0.917. The molecule has 2 aliphatic rings. The van der Waals surface area contributed by atoms with E-state index in [0.717, 1.165) is 49.3 Å². The van der Waals surface area contributed by atoms with Gasteiger partial charge in [-0.05, 0) is 24.3 Å². The Labute approximate surface area is 175 Å². The minimum Gasteiger partial charge on any atom is -0.462 e. The molecule has 0 radical (unpaired) electrons. The molecule has 0 aliphatic carbocycles. The van der Waals surface area contributed by atoms with Gasteiger partial charge in [0.1, 0.15) is 5.56 Å². The molecular weight excluding hydrogens is 386 g/mol. The highest BCUT2D eigenvalue weighted by Gasteiger charge is 2.28. The number of hydrogen-bond acceptors (Lipinski definition) is 6. The fourth-order valence-electron chi connectivity index (χ4n) is 4.12. The maximum Gasteiger partial charge on any atom is 0.345 e. The highest BCUT2D eigenvalue weighted by Crippen LogP contribution is 2.31. The first kappa shape index (κ1) is 20.0. The van der Waals surface area contributed by atoms with Crippen LogP contribution < -0.4 is 10.5 Å². The topological polar surface area (TPSA) is 54.8 Å². The van der Waals surface area contributed by atoms with E-state index in [1.54, 1.807) is 18.5 Å². The number of hydrogen-bond donors (Lipinski definition) is 0. The predicted molar refractivity (Wildman–Crippen MR) is 119 cm³/mol.